The van der Waals surface area contributed by atoms with Crippen molar-refractivity contribution in [2.45, 2.75) is 12.5 Å². The van der Waals surface area contributed by atoms with Crippen molar-refractivity contribution in [1.82, 2.24) is 10.6 Å². The van der Waals surface area contributed by atoms with Crippen LogP contribution in [0.2, 0.25) is 0 Å². The van der Waals surface area contributed by atoms with E-state index in [-0.39, 0.29) is 6.42 Å². The van der Waals surface area contributed by atoms with Gasteiger partial charge in [-0.2, -0.15) is 0 Å². The molecule has 3 rings (SSSR count). The number of hydrogen-bond acceptors (Lipinski definition) is 5. The van der Waals surface area contributed by atoms with Gasteiger partial charge in [-0.05, 0) is 29.8 Å². The van der Waals surface area contributed by atoms with Gasteiger partial charge in [-0.15, -0.1) is 0 Å². The Bertz CT molecular complexity index is 1070. The third-order valence-electron chi connectivity index (χ3n) is 4.54. The highest BCUT2D eigenvalue weighted by molar-refractivity contribution is 6.05. The maximum absolute atomic E-state index is 12.7. The molecule has 0 saturated heterocycles. The normalized spacial score (nSPS) is 11.1. The summed E-state index contributed by atoms with van der Waals surface area (Å²) in [5, 5.41) is 4.82. The molecule has 0 aliphatic carbocycles. The van der Waals surface area contributed by atoms with E-state index in [4.69, 9.17) is 4.74 Å². The van der Waals surface area contributed by atoms with E-state index in [2.05, 4.69) is 10.6 Å². The Hall–Kier alpha value is -4.26. The molecule has 0 aliphatic rings. The van der Waals surface area contributed by atoms with Gasteiger partial charge in [0.25, 0.3) is 17.7 Å². The molecule has 0 radical (unpaired) electrons. The lowest BCUT2D eigenvalue weighted by Crippen LogP contribution is -2.44. The molecule has 0 fully saturated rings. The number of amides is 3. The van der Waals surface area contributed by atoms with E-state index in [1.807, 2.05) is 30.3 Å². The topological polar surface area (TPSA) is 102 Å². The summed E-state index contributed by atoms with van der Waals surface area (Å²) >= 11 is 0. The highest BCUT2D eigenvalue weighted by Crippen LogP contribution is 2.07. The number of esters is 1. The summed E-state index contributed by atoms with van der Waals surface area (Å²) in [6, 6.07) is 24.8. The van der Waals surface area contributed by atoms with Crippen molar-refractivity contribution in [2.75, 3.05) is 6.61 Å². The van der Waals surface area contributed by atoms with Crippen LogP contribution in [-0.2, 0) is 20.7 Å². The Morgan fingerprint density at radius 3 is 1.75 bits per heavy atom. The Kier molecular flexibility index (Phi) is 7.86. The van der Waals surface area contributed by atoms with Crippen LogP contribution < -0.4 is 10.6 Å². The van der Waals surface area contributed by atoms with Gasteiger partial charge in [0.2, 0.25) is 0 Å². The minimum Gasteiger partial charge on any atom is -0.454 e. The number of rotatable bonds is 8. The van der Waals surface area contributed by atoms with E-state index in [0.29, 0.717) is 11.1 Å². The molecule has 3 aromatic carbocycles. The number of imide groups is 1. The first kappa shape index (κ1) is 22.4. The third-order valence-corrected chi connectivity index (χ3v) is 4.54. The molecule has 2 N–H and O–H groups in total. The third kappa shape index (κ3) is 6.63. The molecule has 0 spiro atoms. The summed E-state index contributed by atoms with van der Waals surface area (Å²) in [7, 11) is 0. The summed E-state index contributed by atoms with van der Waals surface area (Å²) in [5.74, 6) is -2.57. The lowest BCUT2D eigenvalue weighted by atomic mass is 10.1. The predicted molar refractivity (Wildman–Crippen MR) is 118 cm³/mol. The Labute approximate surface area is 185 Å². The van der Waals surface area contributed by atoms with E-state index in [0.717, 1.165) is 5.56 Å². The second-order valence-corrected chi connectivity index (χ2v) is 6.93. The summed E-state index contributed by atoms with van der Waals surface area (Å²) in [4.78, 5) is 49.3. The highest BCUT2D eigenvalue weighted by atomic mass is 16.5. The minimum atomic E-state index is -1.01. The van der Waals surface area contributed by atoms with Crippen LogP contribution in [0.3, 0.4) is 0 Å². The lowest BCUT2D eigenvalue weighted by Gasteiger charge is -2.18. The van der Waals surface area contributed by atoms with Gasteiger partial charge in [-0.3, -0.25) is 19.7 Å². The van der Waals surface area contributed by atoms with Crippen LogP contribution in [0, 0.1) is 0 Å². The van der Waals surface area contributed by atoms with E-state index < -0.39 is 36.3 Å². The summed E-state index contributed by atoms with van der Waals surface area (Å²) in [6.45, 7) is -0.649. The van der Waals surface area contributed by atoms with Gasteiger partial charge in [0.15, 0.2) is 6.61 Å². The fourth-order valence-electron chi connectivity index (χ4n) is 2.94. The molecule has 7 nitrogen and oxygen atoms in total. The molecule has 162 valence electrons. The van der Waals surface area contributed by atoms with Crippen LogP contribution in [0.5, 0.6) is 0 Å². The SMILES string of the molecule is O=C(COC(=O)C(Cc1ccccc1)NC(=O)c1ccccc1)NC(=O)c1ccccc1. The van der Waals surface area contributed by atoms with Crippen LogP contribution in [0.15, 0.2) is 91.0 Å². The van der Waals surface area contributed by atoms with E-state index in [1.165, 1.54) is 0 Å². The summed E-state index contributed by atoms with van der Waals surface area (Å²) < 4.78 is 5.09. The fourth-order valence-corrected chi connectivity index (χ4v) is 2.94. The molecule has 0 bridgehead atoms. The molecule has 3 aromatic rings. The number of nitrogens with one attached hydrogen (secondary N) is 2. The van der Waals surface area contributed by atoms with E-state index in [1.54, 1.807) is 60.7 Å². The first-order valence-corrected chi connectivity index (χ1v) is 9.98. The highest BCUT2D eigenvalue weighted by Gasteiger charge is 2.24. The molecular formula is C25H22N2O5. The molecule has 0 aromatic heterocycles. The molecule has 0 saturated carbocycles. The zero-order chi connectivity index (χ0) is 22.8. The maximum Gasteiger partial charge on any atom is 0.329 e. The number of hydrogen-bond donors (Lipinski definition) is 2. The molecule has 3 amide bonds. The van der Waals surface area contributed by atoms with Crippen molar-refractivity contribution in [3.05, 3.63) is 108 Å². The predicted octanol–water partition coefficient (Wildman–Crippen LogP) is 2.53. The second-order valence-electron chi connectivity index (χ2n) is 6.93. The molecule has 7 heteroatoms. The molecular weight excluding hydrogens is 408 g/mol. The first-order chi connectivity index (χ1) is 15.5. The van der Waals surface area contributed by atoms with Crippen LogP contribution >= 0.6 is 0 Å². The van der Waals surface area contributed by atoms with Crippen molar-refractivity contribution in [2.24, 2.45) is 0 Å². The zero-order valence-electron chi connectivity index (χ0n) is 17.2. The minimum absolute atomic E-state index is 0.183. The van der Waals surface area contributed by atoms with Gasteiger partial charge in [0, 0.05) is 17.5 Å². The number of carbonyl (C=O) groups is 4. The largest absolute Gasteiger partial charge is 0.454 e. The molecule has 32 heavy (non-hydrogen) atoms. The number of ether oxygens (including phenoxy) is 1. The first-order valence-electron chi connectivity index (χ1n) is 9.98. The lowest BCUT2D eigenvalue weighted by molar-refractivity contribution is -0.150. The molecule has 1 atom stereocenters. The Balaban J connectivity index is 1.61. The smallest absolute Gasteiger partial charge is 0.329 e. The van der Waals surface area contributed by atoms with Gasteiger partial charge >= 0.3 is 5.97 Å². The van der Waals surface area contributed by atoms with Gasteiger partial charge in [-0.25, -0.2) is 4.79 Å². The second kappa shape index (κ2) is 11.2. The van der Waals surface area contributed by atoms with Gasteiger partial charge < -0.3 is 10.1 Å². The summed E-state index contributed by atoms with van der Waals surface area (Å²) in [5.41, 5.74) is 1.51. The Morgan fingerprint density at radius 2 is 1.19 bits per heavy atom. The number of carbonyl (C=O) groups excluding carboxylic acids is 4. The van der Waals surface area contributed by atoms with Crippen molar-refractivity contribution in [1.29, 1.82) is 0 Å². The molecule has 0 aliphatic heterocycles. The average molecular weight is 430 g/mol. The fraction of sp³-hybridized carbons (Fsp3) is 0.120. The van der Waals surface area contributed by atoms with E-state index >= 15 is 0 Å². The van der Waals surface area contributed by atoms with Crippen molar-refractivity contribution < 1.29 is 23.9 Å². The van der Waals surface area contributed by atoms with Crippen LogP contribution in [-0.4, -0.2) is 36.3 Å². The van der Waals surface area contributed by atoms with Crippen molar-refractivity contribution in [3.63, 3.8) is 0 Å². The Morgan fingerprint density at radius 1 is 0.688 bits per heavy atom. The molecule has 0 heterocycles. The van der Waals surface area contributed by atoms with Gasteiger partial charge in [0.1, 0.15) is 6.04 Å². The standard InChI is InChI=1S/C25H22N2O5/c28-22(27-24(30)20-14-8-3-9-15-20)17-32-25(31)21(16-18-10-4-1-5-11-18)26-23(29)19-12-6-2-7-13-19/h1-15,21H,16-17H2,(H,26,29)(H,27,28,30). The zero-order valence-corrected chi connectivity index (χ0v) is 17.2. The monoisotopic (exact) mass is 430 g/mol. The average Bonchev–Trinajstić information content (AvgIpc) is 2.83. The van der Waals surface area contributed by atoms with Gasteiger partial charge in [0.05, 0.1) is 0 Å². The van der Waals surface area contributed by atoms with Crippen molar-refractivity contribution >= 4 is 23.7 Å². The quantitative estimate of drug-likeness (QED) is 0.535. The van der Waals surface area contributed by atoms with Crippen LogP contribution in [0.4, 0.5) is 0 Å². The maximum atomic E-state index is 12.7. The van der Waals surface area contributed by atoms with Crippen LogP contribution in [0.25, 0.3) is 0 Å². The van der Waals surface area contributed by atoms with Crippen LogP contribution in [0.1, 0.15) is 26.3 Å². The molecule has 1 unspecified atom stereocenters. The van der Waals surface area contributed by atoms with Gasteiger partial charge in [-0.1, -0.05) is 66.7 Å². The summed E-state index contributed by atoms with van der Waals surface area (Å²) in [6.07, 6.45) is 0.183. The van der Waals surface area contributed by atoms with Crippen molar-refractivity contribution in [3.8, 4) is 0 Å². The number of benzene rings is 3. The van der Waals surface area contributed by atoms with E-state index in [9.17, 15) is 19.2 Å².